The van der Waals surface area contributed by atoms with E-state index in [1.807, 2.05) is 0 Å². The highest BCUT2D eigenvalue weighted by molar-refractivity contribution is 6.43. The van der Waals surface area contributed by atoms with Gasteiger partial charge < -0.3 is 20.5 Å². The Hall–Kier alpha value is -1.45. The van der Waals surface area contributed by atoms with Gasteiger partial charge >= 0.3 is 7.12 Å². The third-order valence-electron chi connectivity index (χ3n) is 2.30. The van der Waals surface area contributed by atoms with Crippen molar-refractivity contribution in [2.75, 3.05) is 0 Å². The number of hydrogen-bond acceptors (Lipinski definition) is 6. The molecule has 8 nitrogen and oxygen atoms in total. The molecule has 1 rings (SSSR count). The maximum Gasteiger partial charge on any atom is 0.477 e. The fraction of sp³-hybridized carbons (Fsp3) is 0.667. The van der Waals surface area contributed by atoms with Gasteiger partial charge in [-0.05, 0) is 13.8 Å². The first-order valence-corrected chi connectivity index (χ1v) is 5.46. The summed E-state index contributed by atoms with van der Waals surface area (Å²) in [6.07, 6.45) is 1.48. The second-order valence-corrected chi connectivity index (χ2v) is 4.61. The molecule has 1 heterocycles. The minimum absolute atomic E-state index is 0.0420. The Morgan fingerprint density at radius 2 is 2.22 bits per heavy atom. The Balaban J connectivity index is 2.76. The molecule has 1 aromatic rings. The van der Waals surface area contributed by atoms with Crippen molar-refractivity contribution in [3.8, 4) is 0 Å². The highest BCUT2D eigenvalue weighted by Crippen LogP contribution is 2.15. The zero-order chi connectivity index (χ0) is 13.9. The molecule has 0 saturated heterocycles. The fourth-order valence-electron chi connectivity index (χ4n) is 1.35. The summed E-state index contributed by atoms with van der Waals surface area (Å²) in [7, 11) is -1.70. The van der Waals surface area contributed by atoms with Crippen LogP contribution in [0.15, 0.2) is 6.20 Å². The van der Waals surface area contributed by atoms with E-state index < -0.39 is 18.7 Å². The first-order valence-electron chi connectivity index (χ1n) is 5.46. The van der Waals surface area contributed by atoms with Gasteiger partial charge in [0.1, 0.15) is 11.3 Å². The summed E-state index contributed by atoms with van der Waals surface area (Å²) < 4.78 is 1.33. The molecule has 1 atom stereocenters. The van der Waals surface area contributed by atoms with E-state index in [0.29, 0.717) is 5.69 Å². The summed E-state index contributed by atoms with van der Waals surface area (Å²) in [4.78, 5) is 10.9. The fourth-order valence-corrected chi connectivity index (χ4v) is 1.35. The van der Waals surface area contributed by atoms with E-state index in [9.17, 15) is 9.90 Å². The largest absolute Gasteiger partial charge is 0.477 e. The van der Waals surface area contributed by atoms with E-state index in [2.05, 4.69) is 15.6 Å². The lowest BCUT2D eigenvalue weighted by Crippen LogP contribution is -2.48. The number of aliphatic hydroxyl groups is 1. The summed E-state index contributed by atoms with van der Waals surface area (Å²) in [6, 6.07) is 0. The maximum absolute atomic E-state index is 10.9. The van der Waals surface area contributed by atoms with Gasteiger partial charge in [0.2, 0.25) is 5.91 Å². The number of amides is 1. The number of nitrogens with one attached hydrogen (secondary N) is 1. The van der Waals surface area contributed by atoms with Crippen molar-refractivity contribution in [3.05, 3.63) is 11.9 Å². The first-order chi connectivity index (χ1) is 8.20. The molecule has 0 saturated carbocycles. The number of rotatable bonds is 5. The summed E-state index contributed by atoms with van der Waals surface area (Å²) in [5, 5.41) is 37.8. The predicted octanol–water partition coefficient (Wildman–Crippen LogP) is -1.98. The number of carbonyl (C=O) groups is 1. The van der Waals surface area contributed by atoms with Crippen molar-refractivity contribution in [2.24, 2.45) is 0 Å². The highest BCUT2D eigenvalue weighted by atomic mass is 16.4. The van der Waals surface area contributed by atoms with Crippen molar-refractivity contribution in [1.29, 1.82) is 0 Å². The van der Waals surface area contributed by atoms with Gasteiger partial charge in [0.05, 0.1) is 18.7 Å². The van der Waals surface area contributed by atoms with Gasteiger partial charge in [-0.15, -0.1) is 5.10 Å². The minimum atomic E-state index is -1.70. The van der Waals surface area contributed by atoms with Crippen LogP contribution in [0.5, 0.6) is 0 Å². The molecule has 0 aliphatic heterocycles. The van der Waals surface area contributed by atoms with Crippen LogP contribution in [0.1, 0.15) is 26.5 Å². The van der Waals surface area contributed by atoms with Crippen LogP contribution in [0.2, 0.25) is 0 Å². The first kappa shape index (κ1) is 14.6. The molecule has 0 spiro atoms. The van der Waals surface area contributed by atoms with Crippen LogP contribution in [-0.2, 0) is 16.9 Å². The van der Waals surface area contributed by atoms with Crippen molar-refractivity contribution < 1.29 is 19.9 Å². The van der Waals surface area contributed by atoms with Crippen LogP contribution in [0, 0.1) is 0 Å². The Kier molecular flexibility index (Phi) is 4.44. The SMILES string of the molecule is CC(=O)N[C@@H](Cn1cc(C(C)(C)O)nn1)B(O)O. The monoisotopic (exact) mass is 256 g/mol. The number of aromatic nitrogens is 3. The van der Waals surface area contributed by atoms with Crippen LogP contribution in [0.4, 0.5) is 0 Å². The molecular weight excluding hydrogens is 239 g/mol. The summed E-state index contributed by atoms with van der Waals surface area (Å²) in [6.45, 7) is 4.44. The molecule has 0 unspecified atom stereocenters. The summed E-state index contributed by atoms with van der Waals surface area (Å²) in [5.41, 5.74) is -0.768. The molecule has 0 radical (unpaired) electrons. The van der Waals surface area contributed by atoms with Crippen molar-refractivity contribution >= 4 is 13.0 Å². The Labute approximate surface area is 105 Å². The van der Waals surface area contributed by atoms with Crippen LogP contribution in [0.3, 0.4) is 0 Å². The molecule has 1 aromatic heterocycles. The normalized spacial score (nSPS) is 13.2. The quantitative estimate of drug-likeness (QED) is 0.453. The van der Waals surface area contributed by atoms with Gasteiger partial charge in [0, 0.05) is 6.92 Å². The van der Waals surface area contributed by atoms with Gasteiger partial charge in [-0.25, -0.2) is 0 Å². The van der Waals surface area contributed by atoms with E-state index in [0.717, 1.165) is 0 Å². The second kappa shape index (κ2) is 5.47. The van der Waals surface area contributed by atoms with Crippen LogP contribution in [-0.4, -0.2) is 49.1 Å². The average Bonchev–Trinajstić information content (AvgIpc) is 2.63. The standard InChI is InChI=1S/C9H17BN4O4/c1-6(15)11-8(10(17)18)5-14-4-7(12-13-14)9(2,3)16/h4,8,16-18H,5H2,1-3H3,(H,11,15)/t8-/m0/s1. The lowest BCUT2D eigenvalue weighted by atomic mass is 9.79. The van der Waals surface area contributed by atoms with Crippen LogP contribution < -0.4 is 5.32 Å². The van der Waals surface area contributed by atoms with Gasteiger partial charge in [0.15, 0.2) is 0 Å². The topological polar surface area (TPSA) is 121 Å². The zero-order valence-electron chi connectivity index (χ0n) is 10.5. The molecule has 9 heteroatoms. The Morgan fingerprint density at radius 1 is 1.61 bits per heavy atom. The second-order valence-electron chi connectivity index (χ2n) is 4.61. The predicted molar refractivity (Wildman–Crippen MR) is 63.1 cm³/mol. The molecule has 0 aliphatic carbocycles. The highest BCUT2D eigenvalue weighted by Gasteiger charge is 2.26. The minimum Gasteiger partial charge on any atom is -0.426 e. The van der Waals surface area contributed by atoms with Gasteiger partial charge in [0.25, 0.3) is 0 Å². The van der Waals surface area contributed by atoms with E-state index >= 15 is 0 Å². The molecule has 4 N–H and O–H groups in total. The molecule has 100 valence electrons. The number of hydrogen-bond donors (Lipinski definition) is 4. The Bertz CT molecular complexity index is 415. The lowest BCUT2D eigenvalue weighted by Gasteiger charge is -2.16. The average molecular weight is 256 g/mol. The third-order valence-corrected chi connectivity index (χ3v) is 2.30. The smallest absolute Gasteiger partial charge is 0.426 e. The van der Waals surface area contributed by atoms with Crippen molar-refractivity contribution in [3.63, 3.8) is 0 Å². The van der Waals surface area contributed by atoms with E-state index in [1.54, 1.807) is 13.8 Å². The molecule has 0 aliphatic rings. The maximum atomic E-state index is 10.9. The van der Waals surface area contributed by atoms with Crippen LogP contribution >= 0.6 is 0 Å². The molecule has 18 heavy (non-hydrogen) atoms. The van der Waals surface area contributed by atoms with Gasteiger partial charge in [-0.2, -0.15) is 0 Å². The van der Waals surface area contributed by atoms with E-state index in [4.69, 9.17) is 10.0 Å². The third kappa shape index (κ3) is 4.10. The molecule has 1 amide bonds. The van der Waals surface area contributed by atoms with Gasteiger partial charge in [-0.1, -0.05) is 5.21 Å². The molecule has 0 fully saturated rings. The molecular formula is C9H17BN4O4. The zero-order valence-corrected chi connectivity index (χ0v) is 10.5. The van der Waals surface area contributed by atoms with Gasteiger partial charge in [-0.3, -0.25) is 9.48 Å². The summed E-state index contributed by atoms with van der Waals surface area (Å²) >= 11 is 0. The van der Waals surface area contributed by atoms with Crippen molar-refractivity contribution in [1.82, 2.24) is 20.3 Å². The lowest BCUT2D eigenvalue weighted by molar-refractivity contribution is -0.119. The molecule has 0 aromatic carbocycles. The van der Waals surface area contributed by atoms with Crippen LogP contribution in [0.25, 0.3) is 0 Å². The summed E-state index contributed by atoms with van der Waals surface area (Å²) in [5.74, 6) is -1.27. The number of carbonyl (C=O) groups excluding carboxylic acids is 1. The van der Waals surface area contributed by atoms with Crippen molar-refractivity contribution in [2.45, 2.75) is 38.9 Å². The Morgan fingerprint density at radius 3 is 2.61 bits per heavy atom. The van der Waals surface area contributed by atoms with E-state index in [1.165, 1.54) is 17.8 Å². The number of nitrogens with zero attached hydrogens (tertiary/aromatic N) is 3. The van der Waals surface area contributed by atoms with E-state index in [-0.39, 0.29) is 12.5 Å². The molecule has 0 bridgehead atoms.